The SMILES string of the molecule is CCNC(=O)CN=C(NCC)N(C)Cc1ccc(OC)cc1OC. The van der Waals surface area contributed by atoms with Crippen molar-refractivity contribution in [1.29, 1.82) is 0 Å². The number of hydrogen-bond donors (Lipinski definition) is 2. The zero-order chi connectivity index (χ0) is 17.9. The summed E-state index contributed by atoms with van der Waals surface area (Å²) in [7, 11) is 5.17. The van der Waals surface area contributed by atoms with E-state index >= 15 is 0 Å². The summed E-state index contributed by atoms with van der Waals surface area (Å²) in [5.41, 5.74) is 1.00. The minimum Gasteiger partial charge on any atom is -0.497 e. The maximum absolute atomic E-state index is 11.6. The van der Waals surface area contributed by atoms with Crippen LogP contribution in [0, 0.1) is 0 Å². The summed E-state index contributed by atoms with van der Waals surface area (Å²) in [6, 6.07) is 5.70. The topological polar surface area (TPSA) is 75.2 Å². The van der Waals surface area contributed by atoms with Gasteiger partial charge in [0.2, 0.25) is 5.91 Å². The Hall–Kier alpha value is -2.44. The van der Waals surface area contributed by atoms with Gasteiger partial charge in [0.25, 0.3) is 0 Å². The quantitative estimate of drug-likeness (QED) is 0.552. The first kappa shape index (κ1) is 19.6. The number of benzene rings is 1. The number of nitrogens with zero attached hydrogens (tertiary/aromatic N) is 2. The van der Waals surface area contributed by atoms with Crippen LogP contribution in [-0.2, 0) is 11.3 Å². The van der Waals surface area contributed by atoms with Gasteiger partial charge in [-0.1, -0.05) is 0 Å². The molecule has 0 saturated heterocycles. The van der Waals surface area contributed by atoms with E-state index in [-0.39, 0.29) is 12.5 Å². The Morgan fingerprint density at radius 3 is 2.46 bits per heavy atom. The van der Waals surface area contributed by atoms with E-state index in [2.05, 4.69) is 15.6 Å². The van der Waals surface area contributed by atoms with E-state index in [0.29, 0.717) is 19.0 Å². The molecule has 0 atom stereocenters. The second-order valence-electron chi connectivity index (χ2n) is 5.16. The lowest BCUT2D eigenvalue weighted by molar-refractivity contribution is -0.119. The van der Waals surface area contributed by atoms with Crippen molar-refractivity contribution in [2.24, 2.45) is 4.99 Å². The van der Waals surface area contributed by atoms with Crippen molar-refractivity contribution in [1.82, 2.24) is 15.5 Å². The molecule has 7 heteroatoms. The molecule has 0 fully saturated rings. The number of aliphatic imine (C=N–C) groups is 1. The van der Waals surface area contributed by atoms with Crippen LogP contribution in [0.1, 0.15) is 19.4 Å². The molecule has 0 bridgehead atoms. The van der Waals surface area contributed by atoms with Crippen LogP contribution in [0.15, 0.2) is 23.2 Å². The highest BCUT2D eigenvalue weighted by Crippen LogP contribution is 2.25. The molecule has 0 saturated carbocycles. The standard InChI is InChI=1S/C17H28N4O3/c1-6-18-16(22)11-20-17(19-7-2)21(3)12-13-8-9-14(23-4)10-15(13)24-5/h8-10H,6-7,11-12H2,1-5H3,(H,18,22)(H,19,20). The first-order valence-corrected chi connectivity index (χ1v) is 8.02. The molecule has 134 valence electrons. The number of likely N-dealkylation sites (N-methyl/N-ethyl adjacent to an activating group) is 1. The first-order valence-electron chi connectivity index (χ1n) is 8.02. The van der Waals surface area contributed by atoms with Gasteiger partial charge in [-0.15, -0.1) is 0 Å². The average molecular weight is 336 g/mol. The van der Waals surface area contributed by atoms with E-state index in [1.54, 1.807) is 14.2 Å². The largest absolute Gasteiger partial charge is 0.497 e. The fourth-order valence-corrected chi connectivity index (χ4v) is 2.18. The molecular formula is C17H28N4O3. The van der Waals surface area contributed by atoms with E-state index in [0.717, 1.165) is 23.6 Å². The van der Waals surface area contributed by atoms with Crippen LogP contribution >= 0.6 is 0 Å². The molecule has 0 spiro atoms. The Labute approximate surface area is 144 Å². The first-order chi connectivity index (χ1) is 11.5. The lowest BCUT2D eigenvalue weighted by atomic mass is 10.2. The lowest BCUT2D eigenvalue weighted by Crippen LogP contribution is -2.39. The van der Waals surface area contributed by atoms with Crippen molar-refractivity contribution < 1.29 is 14.3 Å². The molecule has 7 nitrogen and oxygen atoms in total. The molecule has 1 rings (SSSR count). The van der Waals surface area contributed by atoms with Gasteiger partial charge in [0.15, 0.2) is 5.96 Å². The second-order valence-corrected chi connectivity index (χ2v) is 5.16. The molecule has 1 amide bonds. The van der Waals surface area contributed by atoms with Gasteiger partial charge in [0.1, 0.15) is 18.0 Å². The van der Waals surface area contributed by atoms with Gasteiger partial charge in [0.05, 0.1) is 14.2 Å². The van der Waals surface area contributed by atoms with Gasteiger partial charge in [-0.05, 0) is 26.0 Å². The molecule has 1 aromatic rings. The maximum atomic E-state index is 11.6. The van der Waals surface area contributed by atoms with Crippen LogP contribution in [0.4, 0.5) is 0 Å². The third-order valence-electron chi connectivity index (χ3n) is 3.34. The van der Waals surface area contributed by atoms with Crippen molar-refractivity contribution in [2.75, 3.05) is 40.9 Å². The third kappa shape index (κ3) is 5.98. The molecule has 0 aromatic heterocycles. The molecule has 0 heterocycles. The van der Waals surface area contributed by atoms with Gasteiger partial charge in [-0.3, -0.25) is 4.79 Å². The summed E-state index contributed by atoms with van der Waals surface area (Å²) in [5, 5.41) is 5.93. The number of amides is 1. The zero-order valence-corrected chi connectivity index (χ0v) is 15.2. The molecule has 0 radical (unpaired) electrons. The van der Waals surface area contributed by atoms with Crippen molar-refractivity contribution in [3.8, 4) is 11.5 Å². The summed E-state index contributed by atoms with van der Waals surface area (Å²) >= 11 is 0. The van der Waals surface area contributed by atoms with Crippen LogP contribution in [0.2, 0.25) is 0 Å². The molecule has 0 aliphatic heterocycles. The number of guanidine groups is 1. The fourth-order valence-electron chi connectivity index (χ4n) is 2.18. The molecule has 2 N–H and O–H groups in total. The second kappa shape index (κ2) is 10.4. The number of hydrogen-bond acceptors (Lipinski definition) is 4. The highest BCUT2D eigenvalue weighted by atomic mass is 16.5. The highest BCUT2D eigenvalue weighted by molar-refractivity contribution is 5.84. The molecule has 24 heavy (non-hydrogen) atoms. The summed E-state index contributed by atoms with van der Waals surface area (Å²) in [6.45, 7) is 5.88. The highest BCUT2D eigenvalue weighted by Gasteiger charge is 2.11. The average Bonchev–Trinajstić information content (AvgIpc) is 2.59. The molecule has 1 aromatic carbocycles. The molecule has 0 aliphatic rings. The normalized spacial score (nSPS) is 11.0. The lowest BCUT2D eigenvalue weighted by Gasteiger charge is -2.23. The Kier molecular flexibility index (Phi) is 8.46. The zero-order valence-electron chi connectivity index (χ0n) is 15.2. The van der Waals surface area contributed by atoms with Crippen molar-refractivity contribution in [3.63, 3.8) is 0 Å². The summed E-state index contributed by atoms with van der Waals surface area (Å²) in [5.74, 6) is 2.07. The minimum atomic E-state index is -0.0941. The Morgan fingerprint density at radius 1 is 1.17 bits per heavy atom. The number of methoxy groups -OCH3 is 2. The molecule has 0 aliphatic carbocycles. The van der Waals surface area contributed by atoms with Gasteiger partial charge < -0.3 is 25.0 Å². The number of nitrogens with one attached hydrogen (secondary N) is 2. The van der Waals surface area contributed by atoms with E-state index in [1.807, 2.05) is 44.0 Å². The fraction of sp³-hybridized carbons (Fsp3) is 0.529. The van der Waals surface area contributed by atoms with Gasteiger partial charge >= 0.3 is 0 Å². The number of carbonyl (C=O) groups excluding carboxylic acids is 1. The van der Waals surface area contributed by atoms with Crippen molar-refractivity contribution >= 4 is 11.9 Å². The van der Waals surface area contributed by atoms with E-state index in [1.165, 1.54) is 0 Å². The van der Waals surface area contributed by atoms with Crippen molar-refractivity contribution in [2.45, 2.75) is 20.4 Å². The van der Waals surface area contributed by atoms with Gasteiger partial charge in [-0.25, -0.2) is 4.99 Å². The van der Waals surface area contributed by atoms with Crippen LogP contribution in [0.25, 0.3) is 0 Å². The van der Waals surface area contributed by atoms with Gasteiger partial charge in [-0.2, -0.15) is 0 Å². The Morgan fingerprint density at radius 2 is 1.88 bits per heavy atom. The van der Waals surface area contributed by atoms with Crippen LogP contribution in [0.5, 0.6) is 11.5 Å². The van der Waals surface area contributed by atoms with Crippen LogP contribution in [0.3, 0.4) is 0 Å². The van der Waals surface area contributed by atoms with Crippen LogP contribution in [-0.4, -0.2) is 57.7 Å². The third-order valence-corrected chi connectivity index (χ3v) is 3.34. The van der Waals surface area contributed by atoms with E-state index in [4.69, 9.17) is 9.47 Å². The van der Waals surface area contributed by atoms with Crippen molar-refractivity contribution in [3.05, 3.63) is 23.8 Å². The van der Waals surface area contributed by atoms with E-state index in [9.17, 15) is 4.79 Å². The monoisotopic (exact) mass is 336 g/mol. The smallest absolute Gasteiger partial charge is 0.241 e. The molecular weight excluding hydrogens is 308 g/mol. The van der Waals surface area contributed by atoms with E-state index < -0.39 is 0 Å². The summed E-state index contributed by atoms with van der Waals surface area (Å²) in [4.78, 5) is 17.9. The predicted octanol–water partition coefficient (Wildman–Crippen LogP) is 1.24. The summed E-state index contributed by atoms with van der Waals surface area (Å²) < 4.78 is 10.6. The van der Waals surface area contributed by atoms with Crippen LogP contribution < -0.4 is 20.1 Å². The number of rotatable bonds is 8. The predicted molar refractivity (Wildman–Crippen MR) is 95.7 cm³/mol. The minimum absolute atomic E-state index is 0.0941. The Bertz CT molecular complexity index is 561. The summed E-state index contributed by atoms with van der Waals surface area (Å²) in [6.07, 6.45) is 0. The number of ether oxygens (including phenoxy) is 2. The molecule has 0 unspecified atom stereocenters. The maximum Gasteiger partial charge on any atom is 0.241 e. The number of carbonyl (C=O) groups is 1. The van der Waals surface area contributed by atoms with Gasteiger partial charge in [0, 0.05) is 38.3 Å². The Balaban J connectivity index is 2.86.